The summed E-state index contributed by atoms with van der Waals surface area (Å²) >= 11 is 0. The molecule has 0 spiro atoms. The summed E-state index contributed by atoms with van der Waals surface area (Å²) in [5.41, 5.74) is -2.15. The monoisotopic (exact) mass is 240 g/mol. The highest BCUT2D eigenvalue weighted by atomic mass is 16.5. The first-order valence-electron chi connectivity index (χ1n) is 4.80. The van der Waals surface area contributed by atoms with Gasteiger partial charge in [-0.15, -0.1) is 0 Å². The van der Waals surface area contributed by atoms with Crippen LogP contribution in [0.25, 0.3) is 0 Å². The molecular formula is C11H12O6. The molecule has 0 saturated heterocycles. The molecule has 0 aliphatic carbocycles. The molecule has 1 rings (SSSR count). The van der Waals surface area contributed by atoms with Crippen LogP contribution in [0, 0.1) is 5.41 Å². The van der Waals surface area contributed by atoms with Crippen LogP contribution in [0.1, 0.15) is 13.3 Å². The molecule has 2 N–H and O–H groups in total. The average molecular weight is 240 g/mol. The average Bonchev–Trinajstić information content (AvgIpc) is 2.11. The molecule has 1 aliphatic rings. The number of Topliss-reactive ketones (excluding diaryl/α,β-unsaturated/α-hetero) is 1. The largest absolute Gasteiger partial charge is 0.492 e. The van der Waals surface area contributed by atoms with Gasteiger partial charge in [-0.1, -0.05) is 6.58 Å². The Kier molecular flexibility index (Phi) is 3.36. The summed E-state index contributed by atoms with van der Waals surface area (Å²) in [5.74, 6) is -3.74. The van der Waals surface area contributed by atoms with Gasteiger partial charge >= 0.3 is 11.9 Å². The van der Waals surface area contributed by atoms with Gasteiger partial charge < -0.3 is 14.9 Å². The Hall–Kier alpha value is -2.11. The Labute approximate surface area is 97.2 Å². The normalized spacial score (nSPS) is 20.6. The highest BCUT2D eigenvalue weighted by molar-refractivity contribution is 6.13. The predicted octanol–water partition coefficient (Wildman–Crippen LogP) is 0.590. The van der Waals surface area contributed by atoms with Gasteiger partial charge in [0.25, 0.3) is 0 Å². The first-order chi connectivity index (χ1) is 7.82. The minimum Gasteiger partial charge on any atom is -0.492 e. The summed E-state index contributed by atoms with van der Waals surface area (Å²) in [6.07, 6.45) is 0.650. The van der Waals surface area contributed by atoms with Crippen molar-refractivity contribution in [3.8, 4) is 0 Å². The Balaban J connectivity index is 3.24. The van der Waals surface area contributed by atoms with Crippen LogP contribution in [0.3, 0.4) is 0 Å². The third kappa shape index (κ3) is 2.06. The van der Waals surface area contributed by atoms with E-state index in [1.54, 1.807) is 0 Å². The van der Waals surface area contributed by atoms with Gasteiger partial charge in [0.15, 0.2) is 11.2 Å². The molecule has 6 heteroatoms. The number of carbonyl (C=O) groups is 3. The Morgan fingerprint density at radius 1 is 1.41 bits per heavy atom. The van der Waals surface area contributed by atoms with Crippen LogP contribution in [-0.4, -0.2) is 34.0 Å². The van der Waals surface area contributed by atoms with Crippen molar-refractivity contribution < 1.29 is 29.3 Å². The summed E-state index contributed by atoms with van der Waals surface area (Å²) in [4.78, 5) is 34.0. The Morgan fingerprint density at radius 3 is 2.18 bits per heavy atom. The van der Waals surface area contributed by atoms with Crippen LogP contribution in [0.15, 0.2) is 24.5 Å². The number of aliphatic carboxylic acids is 2. The second-order valence-electron chi connectivity index (χ2n) is 3.84. The quantitative estimate of drug-likeness (QED) is 0.520. The summed E-state index contributed by atoms with van der Waals surface area (Å²) < 4.78 is 4.84. The lowest BCUT2D eigenvalue weighted by molar-refractivity contribution is -0.168. The molecule has 92 valence electrons. The van der Waals surface area contributed by atoms with Crippen LogP contribution in [-0.2, 0) is 19.1 Å². The molecule has 1 heterocycles. The molecule has 0 fully saturated rings. The molecule has 6 nitrogen and oxygen atoms in total. The number of allylic oxidation sites excluding steroid dienone is 1. The van der Waals surface area contributed by atoms with Crippen LogP contribution in [0.4, 0.5) is 0 Å². The highest BCUT2D eigenvalue weighted by Gasteiger charge is 2.56. The number of carbonyl (C=O) groups excluding carboxylic acids is 1. The first kappa shape index (κ1) is 13.0. The summed E-state index contributed by atoms with van der Waals surface area (Å²) in [6.45, 7) is 4.70. The van der Waals surface area contributed by atoms with Crippen molar-refractivity contribution >= 4 is 17.7 Å². The fraction of sp³-hybridized carbons (Fsp3) is 0.364. The van der Waals surface area contributed by atoms with E-state index in [0.29, 0.717) is 0 Å². The molecule has 0 aromatic rings. The van der Waals surface area contributed by atoms with Gasteiger partial charge in [-0.25, -0.2) is 0 Å². The van der Waals surface area contributed by atoms with E-state index in [2.05, 4.69) is 6.58 Å². The second kappa shape index (κ2) is 4.40. The van der Waals surface area contributed by atoms with Gasteiger partial charge in [0.05, 0.1) is 12.7 Å². The maximum Gasteiger partial charge on any atom is 0.322 e. The molecular weight excluding hydrogens is 228 g/mol. The zero-order valence-electron chi connectivity index (χ0n) is 9.17. The zero-order valence-corrected chi connectivity index (χ0v) is 9.17. The molecule has 2 atom stereocenters. The molecule has 2 unspecified atom stereocenters. The van der Waals surface area contributed by atoms with Crippen molar-refractivity contribution in [2.45, 2.75) is 19.4 Å². The predicted molar refractivity (Wildman–Crippen MR) is 56.2 cm³/mol. The van der Waals surface area contributed by atoms with Gasteiger partial charge in [0.1, 0.15) is 6.10 Å². The smallest absolute Gasteiger partial charge is 0.322 e. The molecule has 1 aliphatic heterocycles. The van der Waals surface area contributed by atoms with E-state index in [9.17, 15) is 19.5 Å². The van der Waals surface area contributed by atoms with E-state index in [-0.39, 0.29) is 5.57 Å². The number of hydrogen-bond acceptors (Lipinski definition) is 4. The van der Waals surface area contributed by atoms with Gasteiger partial charge in [-0.05, 0) is 18.6 Å². The molecule has 0 saturated carbocycles. The molecule has 0 radical (unpaired) electrons. The fourth-order valence-corrected chi connectivity index (χ4v) is 1.66. The minimum absolute atomic E-state index is 0.0162. The lowest BCUT2D eigenvalue weighted by Crippen LogP contribution is -2.52. The molecule has 17 heavy (non-hydrogen) atoms. The fourth-order valence-electron chi connectivity index (χ4n) is 1.66. The van der Waals surface area contributed by atoms with E-state index in [1.165, 1.54) is 19.3 Å². The third-order valence-corrected chi connectivity index (χ3v) is 2.57. The maximum atomic E-state index is 11.9. The van der Waals surface area contributed by atoms with Crippen LogP contribution in [0.2, 0.25) is 0 Å². The van der Waals surface area contributed by atoms with Crippen LogP contribution in [0.5, 0.6) is 0 Å². The summed E-state index contributed by atoms with van der Waals surface area (Å²) in [5, 5.41) is 18.0. The standard InChI is InChI=1S/C11H12O6/c1-6(2)9(14)11(10(15)16,5-8(12)13)7-3-4-17-7/h3-4,7H,1,5H2,2H3,(H,12,13)(H,15,16). The Morgan fingerprint density at radius 2 is 1.94 bits per heavy atom. The summed E-state index contributed by atoms with van der Waals surface area (Å²) in [6, 6.07) is 0. The van der Waals surface area contributed by atoms with E-state index in [4.69, 9.17) is 9.84 Å². The highest BCUT2D eigenvalue weighted by Crippen LogP contribution is 2.37. The van der Waals surface area contributed by atoms with Gasteiger partial charge in [0, 0.05) is 0 Å². The van der Waals surface area contributed by atoms with Crippen molar-refractivity contribution in [2.24, 2.45) is 5.41 Å². The minimum atomic E-state index is -2.13. The number of ether oxygens (including phenoxy) is 1. The first-order valence-corrected chi connectivity index (χ1v) is 4.80. The van der Waals surface area contributed by atoms with Gasteiger partial charge in [0.2, 0.25) is 0 Å². The summed E-state index contributed by atoms with van der Waals surface area (Å²) in [7, 11) is 0. The number of hydrogen-bond donors (Lipinski definition) is 2. The van der Waals surface area contributed by atoms with E-state index < -0.39 is 35.7 Å². The number of carboxylic acids is 2. The maximum absolute atomic E-state index is 11.9. The molecule has 0 aromatic heterocycles. The molecule has 0 amide bonds. The van der Waals surface area contributed by atoms with E-state index >= 15 is 0 Å². The van der Waals surface area contributed by atoms with E-state index in [0.717, 1.165) is 0 Å². The Bertz CT molecular complexity index is 422. The van der Waals surface area contributed by atoms with E-state index in [1.807, 2.05) is 0 Å². The third-order valence-electron chi connectivity index (χ3n) is 2.57. The molecule has 0 aromatic carbocycles. The number of rotatable bonds is 6. The van der Waals surface area contributed by atoms with Crippen molar-refractivity contribution in [3.05, 3.63) is 24.5 Å². The lowest BCUT2D eigenvalue weighted by atomic mass is 9.72. The van der Waals surface area contributed by atoms with Crippen LogP contribution >= 0.6 is 0 Å². The number of carboxylic acid groups (broad SMARTS) is 2. The van der Waals surface area contributed by atoms with Crippen LogP contribution < -0.4 is 0 Å². The van der Waals surface area contributed by atoms with Gasteiger partial charge in [-0.3, -0.25) is 14.4 Å². The zero-order chi connectivity index (χ0) is 13.2. The van der Waals surface area contributed by atoms with Gasteiger partial charge in [-0.2, -0.15) is 0 Å². The lowest BCUT2D eigenvalue weighted by Gasteiger charge is -2.35. The van der Waals surface area contributed by atoms with Crippen molar-refractivity contribution in [1.82, 2.24) is 0 Å². The van der Waals surface area contributed by atoms with Crippen molar-refractivity contribution in [1.29, 1.82) is 0 Å². The topological polar surface area (TPSA) is 101 Å². The second-order valence-corrected chi connectivity index (χ2v) is 3.84. The SMILES string of the molecule is C=C(C)C(=O)C(CC(=O)O)(C(=O)O)C1C=CO1. The van der Waals surface area contributed by atoms with Crippen molar-refractivity contribution in [2.75, 3.05) is 0 Å². The molecule has 0 bridgehead atoms. The number of ketones is 1. The van der Waals surface area contributed by atoms with Crippen molar-refractivity contribution in [3.63, 3.8) is 0 Å².